The van der Waals surface area contributed by atoms with Crippen LogP contribution in [0.4, 0.5) is 0 Å². The summed E-state index contributed by atoms with van der Waals surface area (Å²) in [4.78, 5) is 15.7. The predicted octanol–water partition coefficient (Wildman–Crippen LogP) is 2.46. The SMILES string of the molecule is CC1=NC2CCC3C(SOO[O-])CC(S(=O)(=O)[O-])CC3C2C1(C)CCCCCC(=O)O. The number of carboxylic acids is 1. The standard InChI is InChI=1S/C20H33NO8S2/c1-12-20(2,9-5-3-4-6-18(22)23)19-15-10-13(31(25,26)27)11-17(30-29-28-24)14(15)7-8-16(19)21-12/h13-17,19,24H,3-11H2,1-2H3,(H,22,23)(H,25,26,27)/p-2. The molecule has 2 saturated carbocycles. The summed E-state index contributed by atoms with van der Waals surface area (Å²) >= 11 is 0.834. The Labute approximate surface area is 187 Å². The average Bonchev–Trinajstić information content (AvgIpc) is 2.95. The number of hydrogen-bond donors (Lipinski definition) is 1. The Kier molecular flexibility index (Phi) is 8.07. The summed E-state index contributed by atoms with van der Waals surface area (Å²) in [7, 11) is -4.48. The molecule has 3 rings (SSSR count). The zero-order valence-corrected chi connectivity index (χ0v) is 19.5. The van der Waals surface area contributed by atoms with Gasteiger partial charge in [0.05, 0.1) is 21.4 Å². The zero-order valence-electron chi connectivity index (χ0n) is 17.9. The molecule has 0 aromatic carbocycles. The van der Waals surface area contributed by atoms with E-state index < -0.39 is 21.3 Å². The Morgan fingerprint density at radius 2 is 2.00 bits per heavy atom. The number of aliphatic carboxylic acids is 1. The van der Waals surface area contributed by atoms with Gasteiger partial charge >= 0.3 is 5.97 Å². The Bertz CT molecular complexity index is 788. The van der Waals surface area contributed by atoms with E-state index >= 15 is 0 Å². The monoisotopic (exact) mass is 477 g/mol. The molecule has 0 amide bonds. The number of unbranched alkanes of at least 4 members (excludes halogenated alkanes) is 2. The summed E-state index contributed by atoms with van der Waals surface area (Å²) in [5, 5.41) is 21.4. The number of rotatable bonds is 10. The number of hydrogen-bond acceptors (Lipinski definition) is 9. The molecule has 7 unspecified atom stereocenters. The molecule has 1 heterocycles. The van der Waals surface area contributed by atoms with Crippen molar-refractivity contribution in [2.75, 3.05) is 0 Å². The Balaban J connectivity index is 1.80. The molecule has 11 heteroatoms. The van der Waals surface area contributed by atoms with Gasteiger partial charge in [0.25, 0.3) is 0 Å². The highest BCUT2D eigenvalue weighted by atomic mass is 32.2. The van der Waals surface area contributed by atoms with Crippen molar-refractivity contribution in [1.82, 2.24) is 0 Å². The van der Waals surface area contributed by atoms with Gasteiger partial charge in [-0.15, -0.1) is 0 Å². The first-order chi connectivity index (χ1) is 14.6. The van der Waals surface area contributed by atoms with E-state index in [1.165, 1.54) is 0 Å². The Hall–Kier alpha value is -0.720. The van der Waals surface area contributed by atoms with E-state index in [0.29, 0.717) is 12.8 Å². The lowest BCUT2D eigenvalue weighted by atomic mass is 9.55. The van der Waals surface area contributed by atoms with Crippen LogP contribution in [0, 0.1) is 23.2 Å². The van der Waals surface area contributed by atoms with Crippen molar-refractivity contribution in [3.8, 4) is 0 Å². The summed E-state index contributed by atoms with van der Waals surface area (Å²) in [6.07, 6.45) is 5.49. The predicted molar refractivity (Wildman–Crippen MR) is 112 cm³/mol. The van der Waals surface area contributed by atoms with Crippen LogP contribution in [0.25, 0.3) is 0 Å². The minimum absolute atomic E-state index is 0.0146. The van der Waals surface area contributed by atoms with Crippen molar-refractivity contribution in [1.29, 1.82) is 0 Å². The number of nitrogens with zero attached hydrogens (tertiary/aromatic N) is 1. The number of fused-ring (bicyclic) bond motifs is 3. The van der Waals surface area contributed by atoms with E-state index in [9.17, 15) is 23.0 Å². The van der Waals surface area contributed by atoms with Gasteiger partial charge in [-0.25, -0.2) is 8.42 Å². The smallest absolute Gasteiger partial charge is 0.303 e. The maximum absolute atomic E-state index is 11.9. The first kappa shape index (κ1) is 24.9. The molecule has 7 atom stereocenters. The second kappa shape index (κ2) is 10.0. The summed E-state index contributed by atoms with van der Waals surface area (Å²) in [5.74, 6) is -0.572. The molecule has 31 heavy (non-hydrogen) atoms. The third kappa shape index (κ3) is 5.44. The lowest BCUT2D eigenvalue weighted by molar-refractivity contribution is -0.777. The highest BCUT2D eigenvalue weighted by Gasteiger charge is 2.57. The van der Waals surface area contributed by atoms with Crippen molar-refractivity contribution < 1.29 is 37.5 Å². The van der Waals surface area contributed by atoms with Crippen LogP contribution in [0.2, 0.25) is 0 Å². The van der Waals surface area contributed by atoms with Crippen LogP contribution in [-0.4, -0.2) is 46.3 Å². The van der Waals surface area contributed by atoms with E-state index in [-0.39, 0.29) is 47.3 Å². The Morgan fingerprint density at radius 1 is 1.26 bits per heavy atom. The van der Waals surface area contributed by atoms with Crippen molar-refractivity contribution in [3.63, 3.8) is 0 Å². The van der Waals surface area contributed by atoms with Crippen molar-refractivity contribution in [2.24, 2.45) is 28.2 Å². The van der Waals surface area contributed by atoms with E-state index in [0.717, 1.165) is 49.9 Å². The van der Waals surface area contributed by atoms with Crippen LogP contribution in [-0.2, 0) is 24.3 Å². The van der Waals surface area contributed by atoms with E-state index in [4.69, 9.17) is 10.1 Å². The van der Waals surface area contributed by atoms with E-state index in [2.05, 4.69) is 16.3 Å². The lowest BCUT2D eigenvalue weighted by Crippen LogP contribution is -2.52. The van der Waals surface area contributed by atoms with Crippen LogP contribution < -0.4 is 5.26 Å². The van der Waals surface area contributed by atoms with E-state index in [1.807, 2.05) is 6.92 Å². The van der Waals surface area contributed by atoms with Gasteiger partial charge in [-0.05, 0) is 63.2 Å². The van der Waals surface area contributed by atoms with Gasteiger partial charge in [0, 0.05) is 34.8 Å². The van der Waals surface area contributed by atoms with Crippen LogP contribution in [0.3, 0.4) is 0 Å². The molecule has 3 aliphatic rings. The molecule has 0 spiro atoms. The van der Waals surface area contributed by atoms with Gasteiger partial charge in [0.1, 0.15) is 0 Å². The molecule has 9 nitrogen and oxygen atoms in total. The maximum atomic E-state index is 11.9. The van der Waals surface area contributed by atoms with Gasteiger partial charge in [-0.2, -0.15) is 4.33 Å². The highest BCUT2D eigenvalue weighted by molar-refractivity contribution is 7.95. The fraction of sp³-hybridized carbons (Fsp3) is 0.900. The quantitative estimate of drug-likeness (QED) is 0.165. The summed E-state index contributed by atoms with van der Waals surface area (Å²) < 4.78 is 40.3. The summed E-state index contributed by atoms with van der Waals surface area (Å²) in [6.45, 7) is 4.20. The largest absolute Gasteiger partial charge is 0.748 e. The molecular formula is C20H31NO8S2-2. The topological polar surface area (TPSA) is 148 Å². The van der Waals surface area contributed by atoms with Gasteiger partial charge in [0.2, 0.25) is 0 Å². The molecule has 0 aromatic rings. The van der Waals surface area contributed by atoms with Crippen LogP contribution in [0.15, 0.2) is 4.99 Å². The molecule has 1 aliphatic heterocycles. The average molecular weight is 478 g/mol. The molecule has 178 valence electrons. The maximum Gasteiger partial charge on any atom is 0.303 e. The first-order valence-corrected chi connectivity index (χ1v) is 13.2. The second-order valence-corrected chi connectivity index (χ2v) is 12.0. The highest BCUT2D eigenvalue weighted by Crippen LogP contribution is 2.58. The van der Waals surface area contributed by atoms with Crippen molar-refractivity contribution >= 4 is 33.8 Å². The molecule has 2 fully saturated rings. The van der Waals surface area contributed by atoms with Crippen LogP contribution >= 0.6 is 12.0 Å². The molecule has 0 aromatic heterocycles. The third-order valence-corrected chi connectivity index (χ3v) is 9.96. The summed E-state index contributed by atoms with van der Waals surface area (Å²) in [6, 6.07) is 0.0979. The van der Waals surface area contributed by atoms with Crippen LogP contribution in [0.5, 0.6) is 0 Å². The molecule has 2 aliphatic carbocycles. The Morgan fingerprint density at radius 3 is 2.65 bits per heavy atom. The molecule has 0 bridgehead atoms. The van der Waals surface area contributed by atoms with Crippen molar-refractivity contribution in [3.05, 3.63) is 0 Å². The molecule has 1 N–H and O–H groups in total. The van der Waals surface area contributed by atoms with E-state index in [1.54, 1.807) is 0 Å². The fourth-order valence-electron chi connectivity index (χ4n) is 6.31. The van der Waals surface area contributed by atoms with Gasteiger partial charge in [0.15, 0.2) is 0 Å². The zero-order chi connectivity index (χ0) is 22.8. The minimum atomic E-state index is -4.48. The minimum Gasteiger partial charge on any atom is -0.748 e. The molecule has 0 radical (unpaired) electrons. The molecule has 0 saturated heterocycles. The summed E-state index contributed by atoms with van der Waals surface area (Å²) in [5.41, 5.74) is 0.827. The van der Waals surface area contributed by atoms with Gasteiger partial charge in [-0.3, -0.25) is 14.8 Å². The first-order valence-electron chi connectivity index (χ1n) is 10.9. The number of carbonyl (C=O) groups is 1. The fourth-order valence-corrected chi connectivity index (χ4v) is 8.26. The normalized spacial score (nSPS) is 37.7. The van der Waals surface area contributed by atoms with Gasteiger partial charge in [-0.1, -0.05) is 19.8 Å². The third-order valence-electron chi connectivity index (χ3n) is 7.84. The van der Waals surface area contributed by atoms with Gasteiger partial charge < -0.3 is 14.9 Å². The number of carboxylic acid groups (broad SMARTS) is 1. The second-order valence-electron chi connectivity index (χ2n) is 9.44. The number of aliphatic imine (C=N–C) groups is 1. The molecular weight excluding hydrogens is 446 g/mol. The van der Waals surface area contributed by atoms with Crippen LogP contribution in [0.1, 0.15) is 71.6 Å². The lowest BCUT2D eigenvalue weighted by Gasteiger charge is -2.52. The van der Waals surface area contributed by atoms with Crippen molar-refractivity contribution in [2.45, 2.75) is 88.2 Å².